The third kappa shape index (κ3) is 3.92. The van der Waals surface area contributed by atoms with Gasteiger partial charge < -0.3 is 19.9 Å². The van der Waals surface area contributed by atoms with Gasteiger partial charge >= 0.3 is 0 Å². The highest BCUT2D eigenvalue weighted by atomic mass is 32.1. The van der Waals surface area contributed by atoms with Crippen molar-refractivity contribution < 1.29 is 4.74 Å². The zero-order valence-corrected chi connectivity index (χ0v) is 15.9. The smallest absolute Gasteiger partial charge is 0.194 e. The molecule has 2 aliphatic rings. The van der Waals surface area contributed by atoms with Crippen LogP contribution in [0.15, 0.2) is 22.5 Å². The van der Waals surface area contributed by atoms with Gasteiger partial charge in [0.25, 0.3) is 0 Å². The third-order valence-electron chi connectivity index (χ3n) is 5.17. The van der Waals surface area contributed by atoms with E-state index in [0.717, 1.165) is 45.4 Å². The fraction of sp³-hybridized carbons (Fsp3) is 0.722. The molecule has 1 aromatic rings. The predicted molar refractivity (Wildman–Crippen MR) is 101 cm³/mol. The highest BCUT2D eigenvalue weighted by molar-refractivity contribution is 7.10. The summed E-state index contributed by atoms with van der Waals surface area (Å²) < 4.78 is 5.66. The molecule has 0 aliphatic carbocycles. The maximum atomic E-state index is 5.66. The highest BCUT2D eigenvalue weighted by Gasteiger charge is 2.42. The minimum Gasteiger partial charge on any atom is -0.381 e. The summed E-state index contributed by atoms with van der Waals surface area (Å²) in [5, 5.41) is 5.63. The monoisotopic (exact) mass is 350 g/mol. The van der Waals surface area contributed by atoms with Gasteiger partial charge in [-0.25, -0.2) is 0 Å². The first-order valence-corrected chi connectivity index (χ1v) is 9.82. The van der Waals surface area contributed by atoms with Gasteiger partial charge in [-0.05, 0) is 45.3 Å². The molecule has 0 saturated carbocycles. The zero-order valence-electron chi connectivity index (χ0n) is 15.1. The van der Waals surface area contributed by atoms with Gasteiger partial charge in [-0.3, -0.25) is 4.99 Å². The van der Waals surface area contributed by atoms with E-state index in [0.29, 0.717) is 11.5 Å². The van der Waals surface area contributed by atoms with Crippen molar-refractivity contribution in [1.82, 2.24) is 15.1 Å². The molecule has 2 aliphatic heterocycles. The van der Waals surface area contributed by atoms with E-state index in [9.17, 15) is 0 Å². The average Bonchev–Trinajstić information content (AvgIpc) is 3.30. The van der Waals surface area contributed by atoms with Crippen LogP contribution in [0.3, 0.4) is 0 Å². The number of thiophene rings is 1. The number of likely N-dealkylation sites (tertiary alicyclic amines) is 1. The number of likely N-dealkylation sites (N-methyl/N-ethyl adjacent to an activating group) is 1. The number of hydrogen-bond donors (Lipinski definition) is 1. The summed E-state index contributed by atoms with van der Waals surface area (Å²) >= 11 is 1.81. The lowest BCUT2D eigenvalue weighted by atomic mass is 9.87. The van der Waals surface area contributed by atoms with Crippen LogP contribution in [0.1, 0.15) is 30.7 Å². The van der Waals surface area contributed by atoms with Crippen LogP contribution in [0, 0.1) is 5.41 Å². The molecule has 2 unspecified atom stereocenters. The molecule has 0 aromatic carbocycles. The Balaban J connectivity index is 1.69. The standard InChI is InChI=1S/C18H30N4OS/c1-4-19-17(22-9-7-18(13-22)8-10-23-14-18)20-12-15(21(2)3)16-6-5-11-24-16/h5-6,11,15H,4,7-10,12-14H2,1-3H3,(H,19,20). The Kier molecular flexibility index (Phi) is 5.79. The van der Waals surface area contributed by atoms with Crippen molar-refractivity contribution in [3.05, 3.63) is 22.4 Å². The van der Waals surface area contributed by atoms with Crippen molar-refractivity contribution in [2.75, 3.05) is 53.5 Å². The molecule has 0 amide bonds. The van der Waals surface area contributed by atoms with Crippen molar-refractivity contribution >= 4 is 17.3 Å². The van der Waals surface area contributed by atoms with Gasteiger partial charge in [0.05, 0.1) is 19.2 Å². The first-order chi connectivity index (χ1) is 11.6. The topological polar surface area (TPSA) is 40.1 Å². The molecular weight excluding hydrogens is 320 g/mol. The lowest BCUT2D eigenvalue weighted by molar-refractivity contribution is 0.156. The van der Waals surface area contributed by atoms with Crippen molar-refractivity contribution in [3.8, 4) is 0 Å². The molecule has 0 bridgehead atoms. The van der Waals surface area contributed by atoms with Gasteiger partial charge in [-0.15, -0.1) is 11.3 Å². The minimum atomic E-state index is 0.338. The fourth-order valence-electron chi connectivity index (χ4n) is 3.67. The van der Waals surface area contributed by atoms with Crippen molar-refractivity contribution in [2.45, 2.75) is 25.8 Å². The van der Waals surface area contributed by atoms with Crippen LogP contribution in [0.5, 0.6) is 0 Å². The molecule has 1 aromatic heterocycles. The summed E-state index contributed by atoms with van der Waals surface area (Å²) in [5.41, 5.74) is 0.366. The van der Waals surface area contributed by atoms with Gasteiger partial charge in [-0.1, -0.05) is 6.07 Å². The van der Waals surface area contributed by atoms with Gasteiger partial charge in [0, 0.05) is 36.5 Å². The van der Waals surface area contributed by atoms with E-state index < -0.39 is 0 Å². The molecule has 134 valence electrons. The quantitative estimate of drug-likeness (QED) is 0.654. The van der Waals surface area contributed by atoms with Crippen LogP contribution in [0.2, 0.25) is 0 Å². The van der Waals surface area contributed by atoms with E-state index >= 15 is 0 Å². The van der Waals surface area contributed by atoms with Crippen molar-refractivity contribution in [1.29, 1.82) is 0 Å². The largest absolute Gasteiger partial charge is 0.381 e. The van der Waals surface area contributed by atoms with Gasteiger partial charge in [0.1, 0.15) is 0 Å². The molecule has 1 N–H and O–H groups in total. The summed E-state index contributed by atoms with van der Waals surface area (Å²) in [6.45, 7) is 7.83. The average molecular weight is 351 g/mol. The Morgan fingerprint density at radius 2 is 2.38 bits per heavy atom. The number of aliphatic imine (C=N–C) groups is 1. The summed E-state index contributed by atoms with van der Waals surface area (Å²) in [6, 6.07) is 4.67. The van der Waals surface area contributed by atoms with Crippen LogP contribution in [0.25, 0.3) is 0 Å². The third-order valence-corrected chi connectivity index (χ3v) is 6.14. The number of nitrogens with zero attached hydrogens (tertiary/aromatic N) is 3. The molecule has 24 heavy (non-hydrogen) atoms. The maximum absolute atomic E-state index is 5.66. The summed E-state index contributed by atoms with van der Waals surface area (Å²) in [5.74, 6) is 1.06. The van der Waals surface area contributed by atoms with Crippen LogP contribution in [-0.4, -0.2) is 69.2 Å². The van der Waals surface area contributed by atoms with Crippen molar-refractivity contribution in [3.63, 3.8) is 0 Å². The van der Waals surface area contributed by atoms with E-state index in [4.69, 9.17) is 9.73 Å². The van der Waals surface area contributed by atoms with Crippen LogP contribution in [-0.2, 0) is 4.74 Å². The second-order valence-electron chi connectivity index (χ2n) is 7.16. The lowest BCUT2D eigenvalue weighted by Gasteiger charge is -2.26. The number of guanidine groups is 1. The van der Waals surface area contributed by atoms with E-state index in [-0.39, 0.29) is 0 Å². The predicted octanol–water partition coefficient (Wildman–Crippen LogP) is 2.43. The Morgan fingerprint density at radius 1 is 1.50 bits per heavy atom. The van der Waals surface area contributed by atoms with E-state index in [2.05, 4.69) is 53.6 Å². The van der Waals surface area contributed by atoms with Gasteiger partial charge in [0.2, 0.25) is 0 Å². The molecule has 0 radical (unpaired) electrons. The van der Waals surface area contributed by atoms with E-state index in [1.54, 1.807) is 0 Å². The van der Waals surface area contributed by atoms with E-state index in [1.165, 1.54) is 17.7 Å². The zero-order chi connectivity index (χ0) is 17.0. The first kappa shape index (κ1) is 17.7. The molecule has 6 heteroatoms. The first-order valence-electron chi connectivity index (χ1n) is 8.94. The second-order valence-corrected chi connectivity index (χ2v) is 8.14. The molecule has 2 fully saturated rings. The Hall–Kier alpha value is -1.11. The van der Waals surface area contributed by atoms with Gasteiger partial charge in [0.15, 0.2) is 5.96 Å². The molecule has 5 nitrogen and oxygen atoms in total. The fourth-order valence-corrected chi connectivity index (χ4v) is 4.59. The number of rotatable bonds is 5. The van der Waals surface area contributed by atoms with Crippen LogP contribution >= 0.6 is 11.3 Å². The molecule has 3 heterocycles. The van der Waals surface area contributed by atoms with Gasteiger partial charge in [-0.2, -0.15) is 0 Å². The summed E-state index contributed by atoms with van der Waals surface area (Å²) in [6.07, 6.45) is 2.41. The number of hydrogen-bond acceptors (Lipinski definition) is 4. The van der Waals surface area contributed by atoms with Crippen LogP contribution in [0.4, 0.5) is 0 Å². The van der Waals surface area contributed by atoms with E-state index in [1.807, 2.05) is 11.3 Å². The second kappa shape index (κ2) is 7.85. The molecule has 3 rings (SSSR count). The summed E-state index contributed by atoms with van der Waals surface area (Å²) in [4.78, 5) is 11.0. The molecule has 2 atom stereocenters. The lowest BCUT2D eigenvalue weighted by Crippen LogP contribution is -2.42. The molecular formula is C18H30N4OS. The highest BCUT2D eigenvalue weighted by Crippen LogP contribution is 2.38. The Morgan fingerprint density at radius 3 is 3.00 bits per heavy atom. The number of ether oxygens (including phenoxy) is 1. The molecule has 2 saturated heterocycles. The maximum Gasteiger partial charge on any atom is 0.194 e. The van der Waals surface area contributed by atoms with Crippen molar-refractivity contribution in [2.24, 2.45) is 10.4 Å². The number of nitrogens with one attached hydrogen (secondary N) is 1. The summed E-state index contributed by atoms with van der Waals surface area (Å²) in [7, 11) is 4.26. The minimum absolute atomic E-state index is 0.338. The molecule has 1 spiro atoms. The SMILES string of the molecule is CCNC(=NCC(c1cccs1)N(C)C)N1CCC2(CCOC2)C1. The Bertz CT molecular complexity index is 537. The Labute approximate surface area is 149 Å². The normalized spacial score (nSPS) is 25.8. The van der Waals surface area contributed by atoms with Crippen LogP contribution < -0.4 is 5.32 Å².